The molecule has 40 heavy (non-hydrogen) atoms. The number of hydrogen-bond acceptors (Lipinski definition) is 7. The number of tetrazole rings is 1. The number of aliphatic imine (C=N–C) groups is 1. The van der Waals surface area contributed by atoms with Crippen molar-refractivity contribution < 1.29 is 14.3 Å². The van der Waals surface area contributed by atoms with Gasteiger partial charge in [-0.3, -0.25) is 4.79 Å². The van der Waals surface area contributed by atoms with Crippen LogP contribution in [0.1, 0.15) is 47.4 Å². The number of ether oxygens (including phenoxy) is 1. The van der Waals surface area contributed by atoms with E-state index < -0.39 is 22.4 Å². The van der Waals surface area contributed by atoms with Gasteiger partial charge in [-0.05, 0) is 64.9 Å². The van der Waals surface area contributed by atoms with Crippen molar-refractivity contribution in [3.05, 3.63) is 83.9 Å². The van der Waals surface area contributed by atoms with Crippen LogP contribution in [0, 0.1) is 0 Å². The van der Waals surface area contributed by atoms with Crippen LogP contribution in [0.3, 0.4) is 0 Å². The van der Waals surface area contributed by atoms with Crippen LogP contribution in [0.4, 0.5) is 5.69 Å². The van der Waals surface area contributed by atoms with E-state index in [4.69, 9.17) is 4.74 Å². The van der Waals surface area contributed by atoms with Crippen LogP contribution in [0.5, 0.6) is 0 Å². The normalized spacial score (nSPS) is 16.0. The molecule has 2 N–H and O–H groups in total. The molecule has 1 atom stereocenters. The molecule has 0 saturated heterocycles. The number of H-pyrrole nitrogens is 1. The Hall–Kier alpha value is -4.48. The standard InChI is InChI=1S/C29H29N7O3S/c1-4-18-39-28(38)24-13-9-8-12-23(24)27(37)30-29-36(33-25(5-2)40(29)3)20-16-14-19(15-17-20)21-10-6-7-11-22(21)26-31-34-35-32-26/h6-17,33H,4-5,18H2,1-3H3,(H,31,32,34,35). The molecule has 5 rings (SSSR count). The van der Waals surface area contributed by atoms with E-state index in [2.05, 4.69) is 38.0 Å². The zero-order valence-electron chi connectivity index (χ0n) is 22.4. The second-order valence-electron chi connectivity index (χ2n) is 8.96. The van der Waals surface area contributed by atoms with Crippen molar-refractivity contribution >= 4 is 38.2 Å². The fraction of sp³-hybridized carbons (Fsp3) is 0.207. The van der Waals surface area contributed by atoms with E-state index in [0.717, 1.165) is 33.8 Å². The van der Waals surface area contributed by atoms with Crippen molar-refractivity contribution in [3.63, 3.8) is 0 Å². The summed E-state index contributed by atoms with van der Waals surface area (Å²) in [5, 5.41) is 16.7. The van der Waals surface area contributed by atoms with E-state index >= 15 is 0 Å². The van der Waals surface area contributed by atoms with Gasteiger partial charge >= 0.3 is 5.97 Å². The van der Waals surface area contributed by atoms with Gasteiger partial charge in [-0.15, -0.1) is 15.6 Å². The smallest absolute Gasteiger partial charge is 0.338 e. The molecule has 0 aliphatic carbocycles. The molecular weight excluding hydrogens is 526 g/mol. The number of carbonyl (C=O) groups excluding carboxylic acids is 2. The van der Waals surface area contributed by atoms with Crippen LogP contribution in [0.2, 0.25) is 0 Å². The number of amides is 1. The number of anilines is 1. The summed E-state index contributed by atoms with van der Waals surface area (Å²) in [4.78, 5) is 31.6. The van der Waals surface area contributed by atoms with Crippen molar-refractivity contribution in [2.45, 2.75) is 26.7 Å². The first-order valence-corrected chi connectivity index (χ1v) is 14.6. The predicted molar refractivity (Wildman–Crippen MR) is 158 cm³/mol. The number of nitrogens with one attached hydrogen (secondary N) is 2. The number of benzene rings is 3. The highest BCUT2D eigenvalue weighted by molar-refractivity contribution is 8.28. The van der Waals surface area contributed by atoms with E-state index in [1.54, 1.807) is 24.3 Å². The molecule has 11 heteroatoms. The summed E-state index contributed by atoms with van der Waals surface area (Å²) in [6.07, 6.45) is 3.51. The molecule has 1 amide bonds. The third-order valence-electron chi connectivity index (χ3n) is 6.37. The number of nitrogens with zero attached hydrogens (tertiary/aromatic N) is 5. The average molecular weight is 556 g/mol. The fourth-order valence-corrected chi connectivity index (χ4v) is 5.88. The summed E-state index contributed by atoms with van der Waals surface area (Å²) in [5.74, 6) is -0.431. The minimum Gasteiger partial charge on any atom is -0.462 e. The summed E-state index contributed by atoms with van der Waals surface area (Å²) >= 11 is 0. The molecule has 1 unspecified atom stereocenters. The fourth-order valence-electron chi connectivity index (χ4n) is 4.35. The maximum atomic E-state index is 13.4. The highest BCUT2D eigenvalue weighted by Gasteiger charge is 2.27. The maximum Gasteiger partial charge on any atom is 0.338 e. The molecule has 0 fully saturated rings. The van der Waals surface area contributed by atoms with Crippen molar-refractivity contribution in [3.8, 4) is 22.5 Å². The SMILES string of the molecule is CCCOC(=O)c1ccccc1C(=O)N=C1N(c2ccc(-c3ccccc3-c3nnn[nH]3)cc2)NC(CC)=S1C. The van der Waals surface area contributed by atoms with Crippen molar-refractivity contribution in [2.75, 3.05) is 17.9 Å². The summed E-state index contributed by atoms with van der Waals surface area (Å²) in [6.45, 7) is 4.27. The Kier molecular flexibility index (Phi) is 8.23. The molecule has 1 aliphatic rings. The summed E-state index contributed by atoms with van der Waals surface area (Å²) in [6, 6.07) is 22.5. The molecule has 0 bridgehead atoms. The van der Waals surface area contributed by atoms with Gasteiger partial charge in [0, 0.05) is 10.6 Å². The lowest BCUT2D eigenvalue weighted by atomic mass is 9.99. The first-order chi connectivity index (χ1) is 19.5. The number of aromatic amines is 1. The molecule has 1 aliphatic heterocycles. The van der Waals surface area contributed by atoms with E-state index in [1.165, 1.54) is 0 Å². The number of rotatable bonds is 8. The number of aromatic nitrogens is 4. The zero-order chi connectivity index (χ0) is 28.1. The van der Waals surface area contributed by atoms with E-state index in [0.29, 0.717) is 17.4 Å². The molecule has 0 saturated carbocycles. The van der Waals surface area contributed by atoms with Crippen LogP contribution in [0.15, 0.2) is 77.8 Å². The van der Waals surface area contributed by atoms with Gasteiger partial charge in [0.15, 0.2) is 11.0 Å². The van der Waals surface area contributed by atoms with Gasteiger partial charge in [0.2, 0.25) is 0 Å². The number of esters is 1. The number of amidine groups is 1. The van der Waals surface area contributed by atoms with E-state index in [1.807, 2.05) is 66.7 Å². The average Bonchev–Trinajstić information content (AvgIpc) is 3.64. The van der Waals surface area contributed by atoms with Crippen LogP contribution >= 0.6 is 10.5 Å². The molecule has 4 aromatic rings. The van der Waals surface area contributed by atoms with E-state index in [9.17, 15) is 9.59 Å². The second-order valence-corrected chi connectivity index (χ2v) is 10.8. The van der Waals surface area contributed by atoms with Gasteiger partial charge in [0.1, 0.15) is 0 Å². The Morgan fingerprint density at radius 2 is 1.65 bits per heavy atom. The highest BCUT2D eigenvalue weighted by atomic mass is 32.2. The van der Waals surface area contributed by atoms with Crippen molar-refractivity contribution in [1.29, 1.82) is 0 Å². The van der Waals surface area contributed by atoms with Crippen molar-refractivity contribution in [2.24, 2.45) is 4.99 Å². The van der Waals surface area contributed by atoms with Crippen LogP contribution in [0.25, 0.3) is 22.5 Å². The lowest BCUT2D eigenvalue weighted by molar-refractivity contribution is 0.0502. The quantitative estimate of drug-likeness (QED) is 0.228. The van der Waals surface area contributed by atoms with Crippen LogP contribution < -0.4 is 10.4 Å². The third kappa shape index (κ3) is 5.47. The zero-order valence-corrected chi connectivity index (χ0v) is 23.2. The molecule has 204 valence electrons. The van der Waals surface area contributed by atoms with Gasteiger partial charge in [-0.2, -0.15) is 10.4 Å². The van der Waals surface area contributed by atoms with Gasteiger partial charge < -0.3 is 4.74 Å². The van der Waals surface area contributed by atoms with Gasteiger partial charge in [0.05, 0.1) is 23.4 Å². The Labute approximate surface area is 234 Å². The third-order valence-corrected chi connectivity index (χ3v) is 8.31. The van der Waals surface area contributed by atoms with Crippen LogP contribution in [-0.4, -0.2) is 55.5 Å². The lowest BCUT2D eigenvalue weighted by Gasteiger charge is -2.20. The molecule has 3 aromatic carbocycles. The highest BCUT2D eigenvalue weighted by Crippen LogP contribution is 2.33. The number of carbonyl (C=O) groups is 2. The molecule has 10 nitrogen and oxygen atoms in total. The second kappa shape index (κ2) is 12.1. The molecule has 0 radical (unpaired) electrons. The molecular formula is C29H29N7O3S. The first-order valence-electron chi connectivity index (χ1n) is 12.9. The van der Waals surface area contributed by atoms with Gasteiger partial charge in [0.25, 0.3) is 5.91 Å². The first kappa shape index (κ1) is 27.1. The maximum absolute atomic E-state index is 13.4. The van der Waals surface area contributed by atoms with Crippen molar-refractivity contribution in [1.82, 2.24) is 26.0 Å². The minimum atomic E-state index is -0.527. The van der Waals surface area contributed by atoms with Crippen LogP contribution in [-0.2, 0) is 4.74 Å². The number of hydrogen-bond donors (Lipinski definition) is 2. The lowest BCUT2D eigenvalue weighted by Crippen LogP contribution is -2.39. The Bertz CT molecular complexity index is 1600. The predicted octanol–water partition coefficient (Wildman–Crippen LogP) is 5.06. The summed E-state index contributed by atoms with van der Waals surface area (Å²) in [5.41, 5.74) is 7.54. The minimum absolute atomic E-state index is 0.212. The largest absolute Gasteiger partial charge is 0.462 e. The summed E-state index contributed by atoms with van der Waals surface area (Å²) < 4.78 is 5.29. The summed E-state index contributed by atoms with van der Waals surface area (Å²) in [7, 11) is -0.443. The topological polar surface area (TPSA) is 125 Å². The molecule has 2 heterocycles. The molecule has 0 spiro atoms. The number of hydrazine groups is 1. The Morgan fingerprint density at radius 1 is 0.950 bits per heavy atom. The van der Waals surface area contributed by atoms with Gasteiger partial charge in [-0.1, -0.05) is 62.4 Å². The van der Waals surface area contributed by atoms with E-state index in [-0.39, 0.29) is 17.7 Å². The Morgan fingerprint density at radius 3 is 2.33 bits per heavy atom. The van der Waals surface area contributed by atoms with Gasteiger partial charge in [-0.25, -0.2) is 14.9 Å². The molecule has 1 aromatic heterocycles. The monoisotopic (exact) mass is 555 g/mol. The Balaban J connectivity index is 1.47.